The number of aromatic hydroxyl groups is 1. The van der Waals surface area contributed by atoms with Gasteiger partial charge in [-0.05, 0) is 69.9 Å². The molecule has 1 aromatic rings. The number of nitrogens with zero attached hydrogens (tertiary/aromatic N) is 3. The van der Waals surface area contributed by atoms with Gasteiger partial charge in [-0.2, -0.15) is 0 Å². The molecule has 30 heavy (non-hydrogen) atoms. The van der Waals surface area contributed by atoms with Crippen molar-refractivity contribution in [3.05, 3.63) is 57.4 Å². The molecule has 7 heteroatoms. The summed E-state index contributed by atoms with van der Waals surface area (Å²) in [5, 5.41) is 15.1. The van der Waals surface area contributed by atoms with Gasteiger partial charge in [0.25, 0.3) is 0 Å². The third-order valence-corrected chi connectivity index (χ3v) is 5.50. The van der Waals surface area contributed by atoms with E-state index in [9.17, 15) is 14.7 Å². The summed E-state index contributed by atoms with van der Waals surface area (Å²) in [6.45, 7) is 1.49. The number of hydrogen-bond donors (Lipinski definition) is 2. The van der Waals surface area contributed by atoms with E-state index in [0.717, 1.165) is 24.2 Å². The zero-order chi connectivity index (χ0) is 21.4. The minimum absolute atomic E-state index is 0.0219. The van der Waals surface area contributed by atoms with E-state index in [1.165, 1.54) is 0 Å². The molecule has 2 heterocycles. The summed E-state index contributed by atoms with van der Waals surface area (Å²) < 4.78 is 0. The molecule has 0 radical (unpaired) electrons. The molecule has 0 fully saturated rings. The smallest absolute Gasteiger partial charge is 0.236 e. The van der Waals surface area contributed by atoms with Crippen LogP contribution in [0.5, 0.6) is 5.75 Å². The highest BCUT2D eigenvalue weighted by atomic mass is 16.3. The third kappa shape index (κ3) is 3.36. The first-order chi connectivity index (χ1) is 14.4. The predicted octanol–water partition coefficient (Wildman–Crippen LogP) is 0.495. The highest BCUT2D eigenvalue weighted by Crippen LogP contribution is 2.32. The molecule has 0 saturated carbocycles. The Balaban J connectivity index is 1.83. The number of fused-ring (bicyclic) bond motifs is 2. The first-order valence-corrected chi connectivity index (χ1v) is 9.93. The van der Waals surface area contributed by atoms with Crippen LogP contribution in [0.4, 0.5) is 0 Å². The molecule has 0 aromatic heterocycles. The quantitative estimate of drug-likeness (QED) is 0.674. The Morgan fingerprint density at radius 3 is 2.67 bits per heavy atom. The molecule has 1 aromatic carbocycles. The maximum Gasteiger partial charge on any atom is 0.236 e. The number of hydrogen-bond acceptors (Lipinski definition) is 7. The summed E-state index contributed by atoms with van der Waals surface area (Å²) in [7, 11) is 5.77. The fourth-order valence-corrected chi connectivity index (χ4v) is 3.87. The van der Waals surface area contributed by atoms with Crippen LogP contribution in [-0.2, 0) is 9.59 Å². The molecule has 1 aliphatic carbocycles. The predicted molar refractivity (Wildman–Crippen MR) is 116 cm³/mol. The number of allylic oxidation sites excluding steroid dienone is 2. The SMILES string of the molecule is CNCCC1=CN=c2ccc(=C3C=C4N=CC(CCN(C)C)=C4C(=O)C3=O)c(O)c21. The molecule has 0 unspecified atom stereocenters. The Bertz CT molecular complexity index is 1200. The Kier molecular flexibility index (Phi) is 5.32. The molecular formula is C23H24N4O3. The molecule has 154 valence electrons. The first kappa shape index (κ1) is 20.1. The summed E-state index contributed by atoms with van der Waals surface area (Å²) >= 11 is 0. The van der Waals surface area contributed by atoms with Gasteiger partial charge >= 0.3 is 0 Å². The summed E-state index contributed by atoms with van der Waals surface area (Å²) in [6.07, 6.45) is 6.35. The average Bonchev–Trinajstić information content (AvgIpc) is 3.32. The molecule has 0 amide bonds. The molecule has 0 atom stereocenters. The fourth-order valence-electron chi connectivity index (χ4n) is 3.87. The number of rotatable bonds is 6. The number of phenols is 1. The molecule has 3 aliphatic rings. The molecule has 2 N–H and O–H groups in total. The van der Waals surface area contributed by atoms with E-state index in [-0.39, 0.29) is 11.3 Å². The van der Waals surface area contributed by atoms with Gasteiger partial charge in [-0.3, -0.25) is 19.6 Å². The minimum atomic E-state index is -0.618. The van der Waals surface area contributed by atoms with E-state index < -0.39 is 11.6 Å². The number of carbonyl (C=O) groups is 2. The number of Topliss-reactive ketones (excluding diaryl/α,β-unsaturated/α-hetero) is 2. The Hall–Kier alpha value is -3.16. The first-order valence-electron chi connectivity index (χ1n) is 9.93. The van der Waals surface area contributed by atoms with E-state index in [0.29, 0.717) is 40.3 Å². The van der Waals surface area contributed by atoms with E-state index in [1.807, 2.05) is 26.0 Å². The summed E-state index contributed by atoms with van der Waals surface area (Å²) in [5.74, 6) is -1.21. The van der Waals surface area contributed by atoms with Crippen LogP contribution in [0.2, 0.25) is 0 Å². The van der Waals surface area contributed by atoms with Crippen molar-refractivity contribution in [2.75, 3.05) is 34.2 Å². The van der Waals surface area contributed by atoms with Crippen LogP contribution in [0.3, 0.4) is 0 Å². The van der Waals surface area contributed by atoms with Crippen LogP contribution in [0.1, 0.15) is 18.4 Å². The normalized spacial score (nSPS) is 19.2. The van der Waals surface area contributed by atoms with Crippen LogP contribution in [0.25, 0.3) is 11.1 Å². The fraction of sp³-hybridized carbons (Fsp3) is 0.304. The highest BCUT2D eigenvalue weighted by molar-refractivity contribution is 6.60. The second kappa shape index (κ2) is 7.93. The molecule has 0 spiro atoms. The summed E-state index contributed by atoms with van der Waals surface area (Å²) in [5.41, 5.74) is 3.34. The van der Waals surface area contributed by atoms with Crippen molar-refractivity contribution in [3.8, 4) is 5.75 Å². The second-order valence-electron chi connectivity index (χ2n) is 7.81. The van der Waals surface area contributed by atoms with Crippen LogP contribution in [0.15, 0.2) is 51.2 Å². The van der Waals surface area contributed by atoms with Gasteiger partial charge in [-0.15, -0.1) is 0 Å². The van der Waals surface area contributed by atoms with Gasteiger partial charge in [0.15, 0.2) is 0 Å². The summed E-state index contributed by atoms with van der Waals surface area (Å²) in [4.78, 5) is 36.6. The van der Waals surface area contributed by atoms with E-state index >= 15 is 0 Å². The maximum absolute atomic E-state index is 13.0. The van der Waals surface area contributed by atoms with Gasteiger partial charge < -0.3 is 15.3 Å². The topological polar surface area (TPSA) is 94.4 Å². The largest absolute Gasteiger partial charge is 0.507 e. The number of benzene rings is 1. The van der Waals surface area contributed by atoms with Crippen LogP contribution < -0.4 is 15.9 Å². The molecule has 4 rings (SSSR count). The van der Waals surface area contributed by atoms with Crippen molar-refractivity contribution in [1.82, 2.24) is 10.2 Å². The highest BCUT2D eigenvalue weighted by Gasteiger charge is 2.34. The molecule has 2 aliphatic heterocycles. The summed E-state index contributed by atoms with van der Waals surface area (Å²) in [6, 6.07) is 3.41. The number of phenolic OH excluding ortho intramolecular Hbond substituents is 1. The van der Waals surface area contributed by atoms with E-state index in [4.69, 9.17) is 0 Å². The number of aliphatic imine (C=N–C) groups is 1. The van der Waals surface area contributed by atoms with Crippen LogP contribution >= 0.6 is 0 Å². The molecular weight excluding hydrogens is 380 g/mol. The van der Waals surface area contributed by atoms with Gasteiger partial charge in [0.05, 0.1) is 16.6 Å². The van der Waals surface area contributed by atoms with Crippen molar-refractivity contribution in [2.24, 2.45) is 9.98 Å². The maximum atomic E-state index is 13.0. The van der Waals surface area contributed by atoms with Crippen molar-refractivity contribution in [1.29, 1.82) is 0 Å². The lowest BCUT2D eigenvalue weighted by Crippen LogP contribution is -2.28. The van der Waals surface area contributed by atoms with E-state index in [1.54, 1.807) is 30.6 Å². The minimum Gasteiger partial charge on any atom is -0.507 e. The number of carbonyl (C=O) groups excluding carboxylic acids is 2. The van der Waals surface area contributed by atoms with Gasteiger partial charge in [0.2, 0.25) is 11.6 Å². The Labute approximate surface area is 174 Å². The van der Waals surface area contributed by atoms with Gasteiger partial charge in [0, 0.05) is 35.3 Å². The van der Waals surface area contributed by atoms with E-state index in [2.05, 4.69) is 15.3 Å². The zero-order valence-electron chi connectivity index (χ0n) is 17.3. The third-order valence-electron chi connectivity index (χ3n) is 5.50. The lowest BCUT2D eigenvalue weighted by molar-refractivity contribution is -0.131. The van der Waals surface area contributed by atoms with Gasteiger partial charge in [-0.25, -0.2) is 0 Å². The lowest BCUT2D eigenvalue weighted by Gasteiger charge is -2.15. The molecule has 7 nitrogen and oxygen atoms in total. The standard InChI is InChI=1S/C23H24N4O3/c1-24-8-6-13-11-25-17-5-4-15(21(28)19(13)17)16-10-18-20(23(30)22(16)29)14(12-26-18)7-9-27(2)3/h4-5,10-12,24,28H,6-9H2,1-3H3. The van der Waals surface area contributed by atoms with Gasteiger partial charge in [-0.1, -0.05) is 0 Å². The molecule has 0 saturated heterocycles. The molecule has 0 bridgehead atoms. The number of nitrogens with one attached hydrogen (secondary N) is 1. The zero-order valence-corrected chi connectivity index (χ0v) is 17.3. The van der Waals surface area contributed by atoms with Crippen molar-refractivity contribution in [3.63, 3.8) is 0 Å². The van der Waals surface area contributed by atoms with Crippen LogP contribution in [0, 0.1) is 0 Å². The van der Waals surface area contributed by atoms with Crippen LogP contribution in [-0.4, -0.2) is 62.0 Å². The monoisotopic (exact) mass is 404 g/mol. The van der Waals surface area contributed by atoms with Crippen molar-refractivity contribution < 1.29 is 14.7 Å². The van der Waals surface area contributed by atoms with Gasteiger partial charge in [0.1, 0.15) is 5.75 Å². The average molecular weight is 404 g/mol. The van der Waals surface area contributed by atoms with Crippen molar-refractivity contribution in [2.45, 2.75) is 12.8 Å². The number of ketones is 2. The lowest BCUT2D eigenvalue weighted by atomic mass is 9.88. The second-order valence-corrected chi connectivity index (χ2v) is 7.81. The Morgan fingerprint density at radius 2 is 1.93 bits per heavy atom. The Morgan fingerprint density at radius 1 is 1.13 bits per heavy atom. The van der Waals surface area contributed by atoms with Crippen molar-refractivity contribution >= 4 is 28.9 Å².